The maximum atomic E-state index is 6.98. The zero-order valence-electron chi connectivity index (χ0n) is 18.4. The summed E-state index contributed by atoms with van der Waals surface area (Å²) in [5, 5.41) is 22.4. The molecule has 2 aliphatic rings. The number of rotatable bonds is 3. The van der Waals surface area contributed by atoms with Crippen LogP contribution in [0.2, 0.25) is 5.02 Å². The summed E-state index contributed by atoms with van der Waals surface area (Å²) in [7, 11) is 0. The van der Waals surface area contributed by atoms with Crippen LogP contribution in [-0.2, 0) is 13.1 Å². The van der Waals surface area contributed by atoms with Crippen LogP contribution in [-0.4, -0.2) is 49.4 Å². The molecule has 2 aliphatic heterocycles. The van der Waals surface area contributed by atoms with E-state index in [1.165, 1.54) is 11.4 Å². The second kappa shape index (κ2) is 7.64. The van der Waals surface area contributed by atoms with Crippen LogP contribution in [0, 0.1) is 13.8 Å². The van der Waals surface area contributed by atoms with Crippen molar-refractivity contribution in [3.05, 3.63) is 46.5 Å². The van der Waals surface area contributed by atoms with E-state index in [1.807, 2.05) is 12.4 Å². The number of anilines is 1. The van der Waals surface area contributed by atoms with Crippen LogP contribution < -0.4 is 10.2 Å². The molecule has 8 nitrogen and oxygen atoms in total. The minimum atomic E-state index is 0.391. The number of nitrogens with zero attached hydrogens (tertiary/aromatic N) is 6. The Bertz CT molecular complexity index is 1290. The molecule has 0 amide bonds. The third kappa shape index (κ3) is 3.04. The molecule has 1 aromatic carbocycles. The molecule has 0 bridgehead atoms. The van der Waals surface area contributed by atoms with Gasteiger partial charge in [0.05, 0.1) is 41.6 Å². The van der Waals surface area contributed by atoms with Crippen LogP contribution in [0.3, 0.4) is 0 Å². The highest BCUT2D eigenvalue weighted by atomic mass is 35.5. The fraction of sp³-hybridized carbons (Fsp3) is 0.435. The summed E-state index contributed by atoms with van der Waals surface area (Å²) >= 11 is 6.98. The van der Waals surface area contributed by atoms with E-state index in [9.17, 15) is 0 Å². The van der Waals surface area contributed by atoms with Gasteiger partial charge in [0.15, 0.2) is 5.82 Å². The van der Waals surface area contributed by atoms with E-state index in [0.717, 1.165) is 84.0 Å². The summed E-state index contributed by atoms with van der Waals surface area (Å²) in [4.78, 5) is 2.38. The summed E-state index contributed by atoms with van der Waals surface area (Å²) in [6, 6.07) is 4.55. The van der Waals surface area contributed by atoms with Crippen molar-refractivity contribution in [2.75, 3.05) is 24.5 Å². The maximum absolute atomic E-state index is 6.98. The number of aromatic amines is 1. The molecule has 32 heavy (non-hydrogen) atoms. The van der Waals surface area contributed by atoms with Gasteiger partial charge in [0.25, 0.3) is 0 Å². The average molecular weight is 451 g/mol. The Labute approximate surface area is 191 Å². The van der Waals surface area contributed by atoms with Crippen LogP contribution in [0.5, 0.6) is 0 Å². The number of nitrogens with one attached hydrogen (secondary N) is 2. The van der Waals surface area contributed by atoms with Gasteiger partial charge in [-0.05, 0) is 57.5 Å². The van der Waals surface area contributed by atoms with Gasteiger partial charge in [0, 0.05) is 34.9 Å². The molecule has 0 radical (unpaired) electrons. The molecular formula is C23H27ClN8. The Morgan fingerprint density at radius 2 is 1.97 bits per heavy atom. The first-order valence-electron chi connectivity index (χ1n) is 11.3. The third-order valence-electron chi connectivity index (χ3n) is 6.94. The molecule has 5 heterocycles. The van der Waals surface area contributed by atoms with E-state index < -0.39 is 0 Å². The van der Waals surface area contributed by atoms with E-state index in [-0.39, 0.29) is 0 Å². The van der Waals surface area contributed by atoms with E-state index in [4.69, 9.17) is 16.7 Å². The Morgan fingerprint density at radius 3 is 2.81 bits per heavy atom. The lowest BCUT2D eigenvalue weighted by molar-refractivity contribution is 0.338. The Morgan fingerprint density at radius 1 is 1.12 bits per heavy atom. The predicted octanol–water partition coefficient (Wildman–Crippen LogP) is 3.84. The number of fused-ring (bicyclic) bond motifs is 2. The summed E-state index contributed by atoms with van der Waals surface area (Å²) < 4.78 is 4.34. The molecule has 0 unspecified atom stereocenters. The minimum absolute atomic E-state index is 0.391. The smallest absolute Gasteiger partial charge is 0.159 e. The van der Waals surface area contributed by atoms with E-state index in [0.29, 0.717) is 6.04 Å². The third-order valence-corrected chi connectivity index (χ3v) is 7.43. The summed E-state index contributed by atoms with van der Waals surface area (Å²) in [5.74, 6) is 1.00. The highest BCUT2D eigenvalue weighted by Crippen LogP contribution is 2.44. The number of aryl methyl sites for hydroxylation is 1. The molecule has 1 fully saturated rings. The molecule has 4 aromatic rings. The minimum Gasteiger partial charge on any atom is -0.347 e. The Kier molecular flexibility index (Phi) is 4.73. The lowest BCUT2D eigenvalue weighted by atomic mass is 9.98. The molecule has 0 saturated carbocycles. The van der Waals surface area contributed by atoms with Gasteiger partial charge in [-0.3, -0.25) is 14.5 Å². The van der Waals surface area contributed by atoms with E-state index in [1.54, 1.807) is 0 Å². The normalized spacial score (nSPS) is 17.3. The molecule has 9 heteroatoms. The van der Waals surface area contributed by atoms with Gasteiger partial charge >= 0.3 is 0 Å². The molecule has 0 spiro atoms. The summed E-state index contributed by atoms with van der Waals surface area (Å²) in [6.07, 6.45) is 5.92. The van der Waals surface area contributed by atoms with Crippen LogP contribution in [0.25, 0.3) is 22.0 Å². The number of hydrogen-bond acceptors (Lipinski definition) is 5. The van der Waals surface area contributed by atoms with E-state index >= 15 is 0 Å². The van der Waals surface area contributed by atoms with Gasteiger partial charge in [0.2, 0.25) is 0 Å². The first-order valence-corrected chi connectivity index (χ1v) is 11.7. The number of hydrogen-bond donors (Lipinski definition) is 2. The van der Waals surface area contributed by atoms with Crippen molar-refractivity contribution >= 4 is 28.3 Å². The van der Waals surface area contributed by atoms with Crippen molar-refractivity contribution < 1.29 is 0 Å². The molecular weight excluding hydrogens is 424 g/mol. The number of H-pyrrole nitrogens is 1. The zero-order valence-corrected chi connectivity index (χ0v) is 19.2. The standard InChI is InChI=1S/C23H27ClN8/c1-14-11-19-18(12-26-28-19)21(22(14)24)20-15(2)32(16-3-6-25-7-4-16)29-23(20)30-9-10-31-17(13-30)5-8-27-31/h5,8,11-12,16,25H,3-4,6-7,9-10,13H2,1-2H3,(H,26,28). The van der Waals surface area contributed by atoms with E-state index in [2.05, 4.69) is 60.9 Å². The lowest BCUT2D eigenvalue weighted by Gasteiger charge is -2.29. The van der Waals surface area contributed by atoms with Crippen LogP contribution in [0.4, 0.5) is 5.82 Å². The van der Waals surface area contributed by atoms with Crippen molar-refractivity contribution in [2.45, 2.75) is 45.8 Å². The maximum Gasteiger partial charge on any atom is 0.159 e. The fourth-order valence-electron chi connectivity index (χ4n) is 5.24. The molecule has 166 valence electrons. The van der Waals surface area contributed by atoms with Gasteiger partial charge < -0.3 is 10.2 Å². The second-order valence-corrected chi connectivity index (χ2v) is 9.27. The first-order chi connectivity index (χ1) is 15.6. The van der Waals surface area contributed by atoms with Gasteiger partial charge in [-0.2, -0.15) is 15.3 Å². The summed E-state index contributed by atoms with van der Waals surface area (Å²) in [6.45, 7) is 8.79. The molecule has 1 saturated heterocycles. The topological polar surface area (TPSA) is 79.6 Å². The van der Waals surface area contributed by atoms with Crippen molar-refractivity contribution in [1.82, 2.24) is 35.1 Å². The zero-order chi connectivity index (χ0) is 21.8. The number of benzene rings is 1. The van der Waals surface area contributed by atoms with Gasteiger partial charge in [-0.1, -0.05) is 11.6 Å². The number of aromatic nitrogens is 6. The fourth-order valence-corrected chi connectivity index (χ4v) is 5.49. The van der Waals surface area contributed by atoms with Crippen molar-refractivity contribution in [3.63, 3.8) is 0 Å². The highest BCUT2D eigenvalue weighted by molar-refractivity contribution is 6.36. The second-order valence-electron chi connectivity index (χ2n) is 8.89. The molecule has 6 rings (SSSR count). The first kappa shape index (κ1) is 19.8. The van der Waals surface area contributed by atoms with Crippen molar-refractivity contribution in [2.24, 2.45) is 0 Å². The van der Waals surface area contributed by atoms with Crippen molar-refractivity contribution in [1.29, 1.82) is 0 Å². The number of halogens is 1. The highest BCUT2D eigenvalue weighted by Gasteiger charge is 2.30. The van der Waals surface area contributed by atoms with Crippen LogP contribution >= 0.6 is 11.6 Å². The molecule has 0 aliphatic carbocycles. The molecule has 2 N–H and O–H groups in total. The van der Waals surface area contributed by atoms with Crippen molar-refractivity contribution in [3.8, 4) is 11.1 Å². The largest absolute Gasteiger partial charge is 0.347 e. The quantitative estimate of drug-likeness (QED) is 0.495. The van der Waals surface area contributed by atoms with Crippen LogP contribution in [0.15, 0.2) is 24.5 Å². The predicted molar refractivity (Wildman–Crippen MR) is 126 cm³/mol. The molecule has 0 atom stereocenters. The monoisotopic (exact) mass is 450 g/mol. The SMILES string of the molecule is Cc1cc2[nH]ncc2c(-c2c(N3CCn4nccc4C3)nn(C3CCNCC3)c2C)c1Cl. The van der Waals surface area contributed by atoms with Gasteiger partial charge in [-0.15, -0.1) is 0 Å². The lowest BCUT2D eigenvalue weighted by Crippen LogP contribution is -2.34. The number of piperidine rings is 1. The average Bonchev–Trinajstić information content (AvgIpc) is 3.54. The molecule has 3 aromatic heterocycles. The Balaban J connectivity index is 1.56. The van der Waals surface area contributed by atoms with Crippen LogP contribution in [0.1, 0.15) is 35.8 Å². The Hall–Kier alpha value is -2.84. The van der Waals surface area contributed by atoms with Gasteiger partial charge in [-0.25, -0.2) is 0 Å². The summed E-state index contributed by atoms with van der Waals surface area (Å²) in [5.41, 5.74) is 6.56. The van der Waals surface area contributed by atoms with Gasteiger partial charge in [0.1, 0.15) is 0 Å².